The number of allylic oxidation sites excluding steroid dienone is 1. The molecular formula is C31H40FN3O2. The van der Waals surface area contributed by atoms with Crippen LogP contribution in [0.4, 0.5) is 15.8 Å². The maximum absolute atomic E-state index is 14.8. The molecule has 1 aliphatic heterocycles. The number of benzene rings is 3. The van der Waals surface area contributed by atoms with Gasteiger partial charge in [-0.25, -0.2) is 4.39 Å². The van der Waals surface area contributed by atoms with Gasteiger partial charge < -0.3 is 19.7 Å². The lowest BCUT2D eigenvalue weighted by Gasteiger charge is -2.32. The van der Waals surface area contributed by atoms with Gasteiger partial charge in [0.2, 0.25) is 5.90 Å². The zero-order valence-corrected chi connectivity index (χ0v) is 22.7. The van der Waals surface area contributed by atoms with Crippen molar-refractivity contribution >= 4 is 33.7 Å². The average molecular weight is 506 g/mol. The standard InChI is InChI=1S/C29H34FN3O2.C2H6/c1-4-7-26(21-16-22(30)18-23(17-21)33-14-12-20(2)13-15-33)32-27-10-11-28(35-19-29(31)34-3)25-9-6-5-8-24(25)27;1-2/h5-11,16-18,20,31-32H,4,12-15,19H2,1-3H3;1-2H3/b26-7+,31-29?;. The second-order valence-electron chi connectivity index (χ2n) is 9.09. The van der Waals surface area contributed by atoms with E-state index < -0.39 is 0 Å². The molecule has 0 bridgehead atoms. The molecule has 0 saturated carbocycles. The zero-order chi connectivity index (χ0) is 26.8. The molecule has 2 N–H and O–H groups in total. The molecule has 6 heteroatoms. The molecule has 0 amide bonds. The molecule has 1 heterocycles. The summed E-state index contributed by atoms with van der Waals surface area (Å²) in [6.07, 6.45) is 5.17. The number of fused-ring (bicyclic) bond motifs is 1. The summed E-state index contributed by atoms with van der Waals surface area (Å²) in [4.78, 5) is 2.29. The molecule has 0 unspecified atom stereocenters. The predicted molar refractivity (Wildman–Crippen MR) is 154 cm³/mol. The number of nitrogens with zero attached hydrogens (tertiary/aromatic N) is 1. The third-order valence-electron chi connectivity index (χ3n) is 6.51. The third-order valence-corrected chi connectivity index (χ3v) is 6.51. The van der Waals surface area contributed by atoms with E-state index in [9.17, 15) is 4.39 Å². The van der Waals surface area contributed by atoms with Crippen LogP contribution in [0.2, 0.25) is 0 Å². The number of ether oxygens (including phenoxy) is 2. The van der Waals surface area contributed by atoms with Crippen LogP contribution in [0, 0.1) is 17.1 Å². The smallest absolute Gasteiger partial charge is 0.219 e. The molecule has 5 nitrogen and oxygen atoms in total. The Kier molecular flexibility index (Phi) is 10.4. The van der Waals surface area contributed by atoms with E-state index in [1.807, 2.05) is 50.2 Å². The Morgan fingerprint density at radius 2 is 1.78 bits per heavy atom. The summed E-state index contributed by atoms with van der Waals surface area (Å²) in [6, 6.07) is 17.1. The Balaban J connectivity index is 0.00000186. The summed E-state index contributed by atoms with van der Waals surface area (Å²) in [6.45, 7) is 10.3. The van der Waals surface area contributed by atoms with Crippen molar-refractivity contribution in [3.05, 3.63) is 72.1 Å². The molecule has 0 radical (unpaired) electrons. The van der Waals surface area contributed by atoms with Crippen LogP contribution in [0.5, 0.6) is 5.75 Å². The van der Waals surface area contributed by atoms with Crippen LogP contribution in [0.3, 0.4) is 0 Å². The van der Waals surface area contributed by atoms with Gasteiger partial charge in [0, 0.05) is 46.5 Å². The van der Waals surface area contributed by atoms with E-state index in [1.165, 1.54) is 7.11 Å². The van der Waals surface area contributed by atoms with Crippen molar-refractivity contribution in [1.82, 2.24) is 0 Å². The summed E-state index contributed by atoms with van der Waals surface area (Å²) < 4.78 is 25.5. The fraction of sp³-hybridized carbons (Fsp3) is 0.387. The van der Waals surface area contributed by atoms with E-state index in [2.05, 4.69) is 36.2 Å². The largest absolute Gasteiger partial charge is 0.483 e. The van der Waals surface area contributed by atoms with Crippen LogP contribution in [-0.4, -0.2) is 32.7 Å². The van der Waals surface area contributed by atoms with Gasteiger partial charge in [0.05, 0.1) is 7.11 Å². The molecule has 0 aliphatic carbocycles. The molecular weight excluding hydrogens is 465 g/mol. The predicted octanol–water partition coefficient (Wildman–Crippen LogP) is 8.11. The SMILES string of the molecule is CC.CC/C=C(/Nc1ccc(OCC(=N)OC)c2ccccc12)c1cc(F)cc(N2CCC(C)CC2)c1. The second-order valence-corrected chi connectivity index (χ2v) is 9.09. The molecule has 4 rings (SSSR count). The first-order valence-corrected chi connectivity index (χ1v) is 13.3. The molecule has 0 atom stereocenters. The van der Waals surface area contributed by atoms with Crippen LogP contribution >= 0.6 is 0 Å². The Bertz CT molecular complexity index is 1220. The summed E-state index contributed by atoms with van der Waals surface area (Å²) in [5.74, 6) is 1.24. The molecule has 198 valence electrons. The third kappa shape index (κ3) is 7.25. The first kappa shape index (κ1) is 28.0. The van der Waals surface area contributed by atoms with Crippen molar-refractivity contribution in [3.63, 3.8) is 0 Å². The number of halogens is 1. The molecule has 1 saturated heterocycles. The first-order chi connectivity index (χ1) is 18.0. The van der Waals surface area contributed by atoms with Gasteiger partial charge in [-0.15, -0.1) is 0 Å². The number of hydrogen-bond acceptors (Lipinski definition) is 5. The lowest BCUT2D eigenvalue weighted by molar-refractivity contribution is 0.312. The highest BCUT2D eigenvalue weighted by Crippen LogP contribution is 2.34. The highest BCUT2D eigenvalue weighted by Gasteiger charge is 2.18. The minimum Gasteiger partial charge on any atom is -0.483 e. The quantitative estimate of drug-likeness (QED) is 0.240. The van der Waals surface area contributed by atoms with E-state index in [1.54, 1.807) is 12.1 Å². The van der Waals surface area contributed by atoms with Gasteiger partial charge in [-0.2, -0.15) is 0 Å². The van der Waals surface area contributed by atoms with Crippen LogP contribution in [0.15, 0.2) is 60.7 Å². The Labute approximate surface area is 220 Å². The fourth-order valence-corrected chi connectivity index (χ4v) is 4.48. The maximum atomic E-state index is 14.8. The van der Waals surface area contributed by atoms with E-state index in [0.717, 1.165) is 71.7 Å². The highest BCUT2D eigenvalue weighted by molar-refractivity contribution is 6.00. The van der Waals surface area contributed by atoms with Gasteiger partial charge >= 0.3 is 0 Å². The molecule has 1 fully saturated rings. The molecule has 3 aromatic rings. The van der Waals surface area contributed by atoms with Crippen molar-refractivity contribution in [3.8, 4) is 5.75 Å². The summed E-state index contributed by atoms with van der Waals surface area (Å²) in [7, 11) is 1.46. The Morgan fingerprint density at radius 3 is 2.46 bits per heavy atom. The van der Waals surface area contributed by atoms with E-state index in [-0.39, 0.29) is 18.3 Å². The van der Waals surface area contributed by atoms with Crippen LogP contribution in [-0.2, 0) is 4.74 Å². The van der Waals surface area contributed by atoms with Gasteiger partial charge in [-0.1, -0.05) is 58.0 Å². The number of methoxy groups -OCH3 is 1. The van der Waals surface area contributed by atoms with Gasteiger partial charge in [0.25, 0.3) is 0 Å². The van der Waals surface area contributed by atoms with E-state index in [0.29, 0.717) is 5.75 Å². The van der Waals surface area contributed by atoms with Gasteiger partial charge in [-0.3, -0.25) is 5.41 Å². The number of hydrogen-bond donors (Lipinski definition) is 2. The number of anilines is 2. The van der Waals surface area contributed by atoms with Gasteiger partial charge in [0.15, 0.2) is 6.61 Å². The number of nitrogens with one attached hydrogen (secondary N) is 2. The summed E-state index contributed by atoms with van der Waals surface area (Å²) in [5.41, 5.74) is 3.55. The van der Waals surface area contributed by atoms with Crippen molar-refractivity contribution < 1.29 is 13.9 Å². The normalized spacial score (nSPS) is 14.1. The monoisotopic (exact) mass is 505 g/mol. The molecule has 1 aliphatic rings. The summed E-state index contributed by atoms with van der Waals surface area (Å²) in [5, 5.41) is 13.2. The Morgan fingerprint density at radius 1 is 1.08 bits per heavy atom. The van der Waals surface area contributed by atoms with Crippen LogP contribution in [0.1, 0.15) is 52.5 Å². The minimum absolute atomic E-state index is 0.0644. The van der Waals surface area contributed by atoms with Crippen molar-refractivity contribution in [2.75, 3.05) is 37.0 Å². The molecule has 3 aromatic carbocycles. The minimum atomic E-state index is -0.228. The average Bonchev–Trinajstić information content (AvgIpc) is 2.93. The summed E-state index contributed by atoms with van der Waals surface area (Å²) >= 11 is 0. The van der Waals surface area contributed by atoms with Gasteiger partial charge in [-0.05, 0) is 55.5 Å². The number of piperidine rings is 1. The Hall–Kier alpha value is -3.54. The topological polar surface area (TPSA) is 57.6 Å². The first-order valence-electron chi connectivity index (χ1n) is 13.3. The molecule has 37 heavy (non-hydrogen) atoms. The number of rotatable bonds is 8. The zero-order valence-electron chi connectivity index (χ0n) is 22.7. The van der Waals surface area contributed by atoms with Crippen LogP contribution in [0.25, 0.3) is 16.5 Å². The lowest BCUT2D eigenvalue weighted by Crippen LogP contribution is -2.32. The van der Waals surface area contributed by atoms with Gasteiger partial charge in [0.1, 0.15) is 11.6 Å². The fourth-order valence-electron chi connectivity index (χ4n) is 4.48. The van der Waals surface area contributed by atoms with E-state index in [4.69, 9.17) is 14.9 Å². The molecule has 0 aromatic heterocycles. The van der Waals surface area contributed by atoms with Crippen LogP contribution < -0.4 is 15.0 Å². The maximum Gasteiger partial charge on any atom is 0.219 e. The van der Waals surface area contributed by atoms with Crippen molar-refractivity contribution in [2.45, 2.75) is 47.0 Å². The second kappa shape index (κ2) is 13.7. The molecule has 0 spiro atoms. The van der Waals surface area contributed by atoms with Crippen molar-refractivity contribution in [1.29, 1.82) is 5.41 Å². The van der Waals surface area contributed by atoms with E-state index >= 15 is 0 Å². The highest BCUT2D eigenvalue weighted by atomic mass is 19.1. The van der Waals surface area contributed by atoms with Crippen molar-refractivity contribution in [2.24, 2.45) is 5.92 Å². The lowest BCUT2D eigenvalue weighted by atomic mass is 9.98.